The maximum absolute atomic E-state index is 12.7. The molecule has 0 saturated carbocycles. The fraction of sp³-hybridized carbons (Fsp3) is 0.391. The van der Waals surface area contributed by atoms with Gasteiger partial charge in [0.15, 0.2) is 17.7 Å². The molecular weight excluding hydrogens is 418 g/mol. The van der Waals surface area contributed by atoms with Crippen LogP contribution in [0, 0.1) is 0 Å². The van der Waals surface area contributed by atoms with E-state index in [9.17, 15) is 4.79 Å². The molecule has 2 aromatic rings. The summed E-state index contributed by atoms with van der Waals surface area (Å²) in [5, 5.41) is 7.15. The second kappa shape index (κ2) is 9.06. The molecule has 0 bridgehead atoms. The van der Waals surface area contributed by atoms with Crippen LogP contribution in [0.5, 0.6) is 11.5 Å². The molecule has 164 valence electrons. The molecule has 8 heteroatoms. The van der Waals surface area contributed by atoms with Gasteiger partial charge in [-0.2, -0.15) is 0 Å². The number of carbonyl (C=O) groups excluding carboxylic acids is 1. The van der Waals surface area contributed by atoms with Crippen molar-refractivity contribution in [3.05, 3.63) is 52.5 Å². The first-order chi connectivity index (χ1) is 15.1. The van der Waals surface area contributed by atoms with E-state index < -0.39 is 5.97 Å². The number of benzene rings is 2. The summed E-state index contributed by atoms with van der Waals surface area (Å²) >= 11 is 6.09. The highest BCUT2D eigenvalue weighted by molar-refractivity contribution is 6.36. The van der Waals surface area contributed by atoms with Gasteiger partial charge in [0.05, 0.1) is 25.5 Å². The maximum atomic E-state index is 12.7. The van der Waals surface area contributed by atoms with E-state index in [2.05, 4.69) is 5.10 Å². The normalized spacial score (nSPS) is 17.0. The van der Waals surface area contributed by atoms with Crippen molar-refractivity contribution in [3.8, 4) is 11.5 Å². The maximum Gasteiger partial charge on any atom is 0.376 e. The van der Waals surface area contributed by atoms with Crippen LogP contribution in [0.15, 0.2) is 41.5 Å². The molecule has 2 aliphatic heterocycles. The minimum Gasteiger partial charge on any atom is -0.490 e. The van der Waals surface area contributed by atoms with Crippen LogP contribution in [-0.4, -0.2) is 43.1 Å². The largest absolute Gasteiger partial charge is 0.490 e. The molecule has 0 radical (unpaired) electrons. The molecule has 0 fully saturated rings. The first-order valence-electron chi connectivity index (χ1n) is 10.6. The Morgan fingerprint density at radius 1 is 1.06 bits per heavy atom. The average Bonchev–Trinajstić information content (AvgIpc) is 3.15. The molecule has 2 aliphatic rings. The van der Waals surface area contributed by atoms with E-state index in [4.69, 9.17) is 25.8 Å². The van der Waals surface area contributed by atoms with E-state index in [1.54, 1.807) is 6.92 Å². The predicted octanol–water partition coefficient (Wildman–Crippen LogP) is 4.39. The van der Waals surface area contributed by atoms with Crippen LogP contribution < -0.4 is 14.5 Å². The molecule has 2 heterocycles. The third-order valence-electron chi connectivity index (χ3n) is 5.26. The van der Waals surface area contributed by atoms with Crippen LogP contribution in [0.4, 0.5) is 5.69 Å². The van der Waals surface area contributed by atoms with Gasteiger partial charge in [0.25, 0.3) is 0 Å². The zero-order valence-electron chi connectivity index (χ0n) is 17.9. The average molecular weight is 444 g/mol. The zero-order chi connectivity index (χ0) is 22.0. The summed E-state index contributed by atoms with van der Waals surface area (Å²) in [6, 6.07) is 11.5. The lowest BCUT2D eigenvalue weighted by atomic mass is 9.95. The number of ether oxygens (including phenoxy) is 3. The number of esters is 1. The van der Waals surface area contributed by atoms with Crippen molar-refractivity contribution in [2.75, 3.05) is 31.4 Å². The van der Waals surface area contributed by atoms with Crippen molar-refractivity contribution in [2.45, 2.75) is 33.4 Å². The van der Waals surface area contributed by atoms with Crippen LogP contribution >= 0.6 is 11.6 Å². The van der Waals surface area contributed by atoms with Crippen molar-refractivity contribution < 1.29 is 19.0 Å². The van der Waals surface area contributed by atoms with Crippen molar-refractivity contribution >= 4 is 29.1 Å². The van der Waals surface area contributed by atoms with E-state index in [0.29, 0.717) is 43.0 Å². The van der Waals surface area contributed by atoms with Crippen molar-refractivity contribution in [1.29, 1.82) is 0 Å². The Morgan fingerprint density at radius 2 is 1.74 bits per heavy atom. The number of hydrogen-bond donors (Lipinski definition) is 0. The lowest BCUT2D eigenvalue weighted by Gasteiger charge is -2.37. The second-order valence-corrected chi connectivity index (χ2v) is 7.58. The van der Waals surface area contributed by atoms with Crippen molar-refractivity contribution in [2.24, 2.45) is 5.10 Å². The fourth-order valence-corrected chi connectivity index (χ4v) is 4.11. The fourth-order valence-electron chi connectivity index (χ4n) is 3.99. The Morgan fingerprint density at radius 3 is 2.39 bits per heavy atom. The lowest BCUT2D eigenvalue weighted by molar-refractivity contribution is -0.135. The molecule has 0 amide bonds. The van der Waals surface area contributed by atoms with Gasteiger partial charge in [0, 0.05) is 17.1 Å². The summed E-state index contributed by atoms with van der Waals surface area (Å²) in [7, 11) is 0. The van der Waals surface area contributed by atoms with Gasteiger partial charge in [-0.05, 0) is 69.2 Å². The summed E-state index contributed by atoms with van der Waals surface area (Å²) in [6.07, 6.45) is 0.463. The van der Waals surface area contributed by atoms with Crippen LogP contribution in [0.2, 0.25) is 5.02 Å². The van der Waals surface area contributed by atoms with Gasteiger partial charge in [-0.15, -0.1) is 5.10 Å². The van der Waals surface area contributed by atoms with Gasteiger partial charge in [-0.3, -0.25) is 0 Å². The summed E-state index contributed by atoms with van der Waals surface area (Å²) in [5.74, 6) is 1.30. The number of amidine groups is 1. The summed E-state index contributed by atoms with van der Waals surface area (Å²) in [4.78, 5) is 14.7. The quantitative estimate of drug-likeness (QED) is 0.591. The molecular formula is C23H26ClN3O4. The van der Waals surface area contributed by atoms with Gasteiger partial charge >= 0.3 is 5.97 Å². The summed E-state index contributed by atoms with van der Waals surface area (Å²) in [5.41, 5.74) is 3.00. The van der Waals surface area contributed by atoms with Gasteiger partial charge in [0.1, 0.15) is 0 Å². The predicted molar refractivity (Wildman–Crippen MR) is 120 cm³/mol. The molecule has 0 spiro atoms. The van der Waals surface area contributed by atoms with Gasteiger partial charge in [-0.25, -0.2) is 9.80 Å². The van der Waals surface area contributed by atoms with E-state index in [-0.39, 0.29) is 6.17 Å². The van der Waals surface area contributed by atoms with Crippen molar-refractivity contribution in [1.82, 2.24) is 4.90 Å². The molecule has 0 aromatic heterocycles. The Labute approximate surface area is 187 Å². The number of hydrogen-bond acceptors (Lipinski definition) is 7. The minimum atomic E-state index is -0.427. The Bertz CT molecular complexity index is 993. The molecule has 4 rings (SSSR count). The summed E-state index contributed by atoms with van der Waals surface area (Å²) in [6.45, 7) is 7.70. The molecule has 0 aliphatic carbocycles. The molecule has 1 unspecified atom stereocenters. The van der Waals surface area contributed by atoms with E-state index >= 15 is 0 Å². The standard InChI is InChI=1S/C23H26ClN3O4/c1-4-29-19-13-15-11-12-26-21(23(28)31-6-3)25-27(17-9-7-16(24)8-10-17)22(26)18(15)14-20(19)30-5-2/h7-10,13-14,22H,4-6,11-12H2,1-3H3. The first-order valence-corrected chi connectivity index (χ1v) is 10.9. The number of halogens is 1. The minimum absolute atomic E-state index is 0.292. The first kappa shape index (κ1) is 21.3. The SMILES string of the molecule is CCOC(=O)C1=NN(c2ccc(Cl)cc2)C2c3cc(OCC)c(OCC)cc3CCN12. The Hall–Kier alpha value is -2.93. The highest BCUT2D eigenvalue weighted by atomic mass is 35.5. The highest BCUT2D eigenvalue weighted by Gasteiger charge is 2.43. The number of carbonyl (C=O) groups is 1. The third-order valence-corrected chi connectivity index (χ3v) is 5.51. The number of hydrazone groups is 1. The Balaban J connectivity index is 1.81. The van der Waals surface area contributed by atoms with E-state index in [1.165, 1.54) is 0 Å². The smallest absolute Gasteiger partial charge is 0.376 e. The number of nitrogens with zero attached hydrogens (tertiary/aromatic N) is 3. The molecule has 1 atom stereocenters. The van der Waals surface area contributed by atoms with Crippen LogP contribution in [0.1, 0.15) is 38.1 Å². The molecule has 7 nitrogen and oxygen atoms in total. The van der Waals surface area contributed by atoms with Crippen LogP contribution in [0.3, 0.4) is 0 Å². The molecule has 31 heavy (non-hydrogen) atoms. The molecule has 2 aromatic carbocycles. The monoisotopic (exact) mass is 443 g/mol. The zero-order valence-corrected chi connectivity index (χ0v) is 18.7. The highest BCUT2D eigenvalue weighted by Crippen LogP contribution is 2.44. The van der Waals surface area contributed by atoms with E-state index in [0.717, 1.165) is 29.0 Å². The third kappa shape index (κ3) is 4.02. The summed E-state index contributed by atoms with van der Waals surface area (Å²) < 4.78 is 17.0. The molecule has 0 N–H and O–H groups in total. The van der Waals surface area contributed by atoms with Gasteiger partial charge in [0.2, 0.25) is 5.84 Å². The lowest BCUT2D eigenvalue weighted by Crippen LogP contribution is -2.43. The number of fused-ring (bicyclic) bond motifs is 3. The van der Waals surface area contributed by atoms with Crippen LogP contribution in [-0.2, 0) is 16.0 Å². The Kier molecular flexibility index (Phi) is 6.23. The van der Waals surface area contributed by atoms with Crippen LogP contribution in [0.25, 0.3) is 0 Å². The number of anilines is 1. The topological polar surface area (TPSA) is 63.6 Å². The van der Waals surface area contributed by atoms with Crippen molar-refractivity contribution in [3.63, 3.8) is 0 Å². The van der Waals surface area contributed by atoms with E-state index in [1.807, 2.05) is 60.2 Å². The molecule has 0 saturated heterocycles. The second-order valence-electron chi connectivity index (χ2n) is 7.15. The van der Waals surface area contributed by atoms with Gasteiger partial charge < -0.3 is 19.1 Å². The number of rotatable bonds is 7. The van der Waals surface area contributed by atoms with Gasteiger partial charge in [-0.1, -0.05) is 11.6 Å².